The van der Waals surface area contributed by atoms with Gasteiger partial charge in [-0.2, -0.15) is 0 Å². The van der Waals surface area contributed by atoms with E-state index in [1.54, 1.807) is 24.3 Å². The van der Waals surface area contributed by atoms with Crippen LogP contribution < -0.4 is 19.7 Å². The number of piperazine rings is 1. The first kappa shape index (κ1) is 21.2. The van der Waals surface area contributed by atoms with E-state index >= 15 is 0 Å². The number of urea groups is 1. The van der Waals surface area contributed by atoms with Crippen LogP contribution in [0.15, 0.2) is 36.7 Å². The number of amides is 2. The number of carbonyl (C=O) groups is 1. The van der Waals surface area contributed by atoms with Gasteiger partial charge in [0.25, 0.3) is 0 Å². The minimum absolute atomic E-state index is 0.0686. The summed E-state index contributed by atoms with van der Waals surface area (Å²) in [5.41, 5.74) is 1.02. The lowest BCUT2D eigenvalue weighted by Gasteiger charge is -2.34. The number of benzene rings is 1. The van der Waals surface area contributed by atoms with Crippen molar-refractivity contribution in [1.29, 1.82) is 0 Å². The van der Waals surface area contributed by atoms with Crippen LogP contribution in [0, 0.1) is 0 Å². The fraction of sp³-hybridized carbons (Fsp3) is 0.500. The summed E-state index contributed by atoms with van der Waals surface area (Å²) in [6.45, 7) is 7.09. The van der Waals surface area contributed by atoms with Gasteiger partial charge < -0.3 is 24.6 Å². The summed E-state index contributed by atoms with van der Waals surface area (Å²) >= 11 is 0. The number of nitrogens with zero attached hydrogens (tertiary/aromatic N) is 5. The summed E-state index contributed by atoms with van der Waals surface area (Å²) in [6.07, 6.45) is 4.48. The van der Waals surface area contributed by atoms with Crippen molar-refractivity contribution in [3.8, 4) is 11.5 Å². The molecule has 0 saturated carbocycles. The Hall–Kier alpha value is -3.07. The summed E-state index contributed by atoms with van der Waals surface area (Å²) in [5, 5.41) is 3.01. The molecule has 1 N–H and O–H groups in total. The summed E-state index contributed by atoms with van der Waals surface area (Å²) < 4.78 is 11.2. The highest BCUT2D eigenvalue weighted by atomic mass is 16.6. The van der Waals surface area contributed by atoms with Gasteiger partial charge in [0.15, 0.2) is 11.5 Å². The Balaban J connectivity index is 1.13. The van der Waals surface area contributed by atoms with Crippen LogP contribution in [0.5, 0.6) is 11.5 Å². The van der Waals surface area contributed by atoms with E-state index in [0.29, 0.717) is 26.3 Å². The molecule has 9 nitrogen and oxygen atoms in total. The zero-order valence-corrected chi connectivity index (χ0v) is 18.0. The quantitative estimate of drug-likeness (QED) is 0.674. The van der Waals surface area contributed by atoms with Crippen molar-refractivity contribution in [1.82, 2.24) is 25.1 Å². The third-order valence-electron chi connectivity index (χ3n) is 5.51. The zero-order valence-electron chi connectivity index (χ0n) is 18.0. The van der Waals surface area contributed by atoms with Crippen LogP contribution in [0.2, 0.25) is 0 Å². The SMILES string of the molecule is CN(Cc1ccc2c(c1)OCCO2)C(=O)NCCCN1CCN(c2ncccn2)CC1. The normalized spacial score (nSPS) is 16.1. The smallest absolute Gasteiger partial charge is 0.317 e. The summed E-state index contributed by atoms with van der Waals surface area (Å²) in [5.74, 6) is 2.31. The fourth-order valence-electron chi connectivity index (χ4n) is 3.79. The number of anilines is 1. The van der Waals surface area contributed by atoms with Crippen LogP contribution in [0.4, 0.5) is 10.7 Å². The number of ether oxygens (including phenoxy) is 2. The number of carbonyl (C=O) groups excluding carboxylic acids is 1. The van der Waals surface area contributed by atoms with Gasteiger partial charge in [-0.25, -0.2) is 14.8 Å². The standard InChI is InChI=1S/C22H30N6O3/c1-26(17-18-4-5-19-20(16-18)31-15-14-30-19)22(29)25-8-3-9-27-10-12-28(13-11-27)21-23-6-2-7-24-21/h2,4-7,16H,3,8-15,17H2,1H3,(H,25,29). The molecule has 1 fully saturated rings. The topological polar surface area (TPSA) is 83.1 Å². The highest BCUT2D eigenvalue weighted by Crippen LogP contribution is 2.31. The lowest BCUT2D eigenvalue weighted by atomic mass is 10.2. The largest absolute Gasteiger partial charge is 0.486 e. The van der Waals surface area contributed by atoms with Crippen LogP contribution in [0.1, 0.15) is 12.0 Å². The average Bonchev–Trinajstić information content (AvgIpc) is 2.82. The minimum atomic E-state index is -0.0686. The Morgan fingerprint density at radius 1 is 1.10 bits per heavy atom. The average molecular weight is 427 g/mol. The predicted octanol–water partition coefficient (Wildman–Crippen LogP) is 1.60. The molecule has 0 unspecified atom stereocenters. The van der Waals surface area contributed by atoms with Crippen molar-refractivity contribution in [2.24, 2.45) is 0 Å². The summed E-state index contributed by atoms with van der Waals surface area (Å²) in [7, 11) is 1.80. The molecule has 1 aromatic carbocycles. The van der Waals surface area contributed by atoms with E-state index in [1.165, 1.54) is 0 Å². The van der Waals surface area contributed by atoms with Crippen LogP contribution in [0.25, 0.3) is 0 Å². The lowest BCUT2D eigenvalue weighted by Crippen LogP contribution is -2.47. The molecule has 0 spiro atoms. The van der Waals surface area contributed by atoms with Gasteiger partial charge in [0.1, 0.15) is 13.2 Å². The molecule has 31 heavy (non-hydrogen) atoms. The molecule has 1 saturated heterocycles. The number of rotatable bonds is 7. The number of aromatic nitrogens is 2. The predicted molar refractivity (Wildman–Crippen MR) is 118 cm³/mol. The van der Waals surface area contributed by atoms with Gasteiger partial charge in [-0.15, -0.1) is 0 Å². The second-order valence-electron chi connectivity index (χ2n) is 7.80. The van der Waals surface area contributed by atoms with Gasteiger partial charge in [-0.1, -0.05) is 6.07 Å². The monoisotopic (exact) mass is 426 g/mol. The van der Waals surface area contributed by atoms with E-state index in [0.717, 1.165) is 62.2 Å². The van der Waals surface area contributed by atoms with Gasteiger partial charge in [0.05, 0.1) is 0 Å². The van der Waals surface area contributed by atoms with Crippen molar-refractivity contribution in [2.75, 3.05) is 64.4 Å². The Kier molecular flexibility index (Phi) is 7.03. The van der Waals surface area contributed by atoms with Crippen molar-refractivity contribution >= 4 is 12.0 Å². The minimum Gasteiger partial charge on any atom is -0.486 e. The highest BCUT2D eigenvalue weighted by molar-refractivity contribution is 5.73. The van der Waals surface area contributed by atoms with Gasteiger partial charge >= 0.3 is 6.03 Å². The third-order valence-corrected chi connectivity index (χ3v) is 5.51. The second-order valence-corrected chi connectivity index (χ2v) is 7.80. The third kappa shape index (κ3) is 5.75. The molecule has 0 atom stereocenters. The fourth-order valence-corrected chi connectivity index (χ4v) is 3.79. The molecule has 9 heteroatoms. The van der Waals surface area contributed by atoms with E-state index in [2.05, 4.69) is 25.1 Å². The first-order valence-corrected chi connectivity index (χ1v) is 10.8. The molecule has 0 bridgehead atoms. The van der Waals surface area contributed by atoms with E-state index in [4.69, 9.17) is 9.47 Å². The maximum atomic E-state index is 12.4. The van der Waals surface area contributed by atoms with Crippen LogP contribution in [-0.4, -0.2) is 85.3 Å². The molecule has 0 aliphatic carbocycles. The first-order valence-electron chi connectivity index (χ1n) is 10.8. The van der Waals surface area contributed by atoms with Gasteiger partial charge in [-0.3, -0.25) is 4.90 Å². The molecule has 2 aromatic rings. The van der Waals surface area contributed by atoms with Crippen molar-refractivity contribution in [3.63, 3.8) is 0 Å². The van der Waals surface area contributed by atoms with Crippen molar-refractivity contribution in [3.05, 3.63) is 42.2 Å². The number of nitrogens with one attached hydrogen (secondary N) is 1. The maximum Gasteiger partial charge on any atom is 0.317 e. The van der Waals surface area contributed by atoms with E-state index in [1.807, 2.05) is 24.3 Å². The van der Waals surface area contributed by atoms with Gasteiger partial charge in [0, 0.05) is 58.7 Å². The lowest BCUT2D eigenvalue weighted by molar-refractivity contribution is 0.171. The van der Waals surface area contributed by atoms with E-state index < -0.39 is 0 Å². The molecule has 4 rings (SSSR count). The first-order chi connectivity index (χ1) is 15.2. The molecule has 3 heterocycles. The zero-order chi connectivity index (χ0) is 21.5. The molecule has 2 aliphatic heterocycles. The van der Waals surface area contributed by atoms with Crippen LogP contribution in [0.3, 0.4) is 0 Å². The number of hydrogen-bond acceptors (Lipinski definition) is 7. The van der Waals surface area contributed by atoms with E-state index in [9.17, 15) is 4.79 Å². The maximum absolute atomic E-state index is 12.4. The van der Waals surface area contributed by atoms with Crippen LogP contribution in [-0.2, 0) is 6.54 Å². The highest BCUT2D eigenvalue weighted by Gasteiger charge is 2.18. The van der Waals surface area contributed by atoms with Gasteiger partial charge in [0.2, 0.25) is 5.95 Å². The second kappa shape index (κ2) is 10.3. The Morgan fingerprint density at radius 2 is 1.84 bits per heavy atom. The molecular weight excluding hydrogens is 396 g/mol. The molecule has 0 radical (unpaired) electrons. The van der Waals surface area contributed by atoms with Crippen LogP contribution >= 0.6 is 0 Å². The number of hydrogen-bond donors (Lipinski definition) is 1. The Bertz CT molecular complexity index is 858. The molecule has 1 aromatic heterocycles. The molecular formula is C22H30N6O3. The van der Waals surface area contributed by atoms with Crippen molar-refractivity contribution in [2.45, 2.75) is 13.0 Å². The molecule has 2 aliphatic rings. The van der Waals surface area contributed by atoms with Crippen molar-refractivity contribution < 1.29 is 14.3 Å². The molecule has 2 amide bonds. The summed E-state index contributed by atoms with van der Waals surface area (Å²) in [6, 6.07) is 7.58. The Labute approximate surface area is 183 Å². The summed E-state index contributed by atoms with van der Waals surface area (Å²) in [4.78, 5) is 27.4. The molecule has 166 valence electrons. The van der Waals surface area contributed by atoms with Gasteiger partial charge in [-0.05, 0) is 36.7 Å². The number of fused-ring (bicyclic) bond motifs is 1. The Morgan fingerprint density at radius 3 is 2.61 bits per heavy atom. The van der Waals surface area contributed by atoms with E-state index in [-0.39, 0.29) is 6.03 Å².